The molecule has 2 bridgehead atoms. The molecule has 2 fully saturated rings. The molecule has 25 heavy (non-hydrogen) atoms. The topological polar surface area (TPSA) is 18.5 Å². The quantitative estimate of drug-likeness (QED) is 0.764. The average Bonchev–Trinajstić information content (AvgIpc) is 2.61. The maximum Gasteiger partial charge on any atom is 0.407 e. The van der Waals surface area contributed by atoms with Gasteiger partial charge >= 0.3 is 8.56 Å². The third kappa shape index (κ3) is 3.21. The van der Waals surface area contributed by atoms with Crippen molar-refractivity contribution in [2.45, 2.75) is 52.2 Å². The van der Waals surface area contributed by atoms with Crippen molar-refractivity contribution < 1.29 is 8.85 Å². The summed E-state index contributed by atoms with van der Waals surface area (Å²) in [7, 11) is -2.62. The Morgan fingerprint density at radius 3 is 1.56 bits per heavy atom. The summed E-state index contributed by atoms with van der Waals surface area (Å²) < 4.78 is 13.7. The second-order valence-electron chi connectivity index (χ2n) is 8.60. The zero-order valence-electron chi connectivity index (χ0n) is 15.4. The summed E-state index contributed by atoms with van der Waals surface area (Å²) in [5.41, 5.74) is 0.310. The lowest BCUT2D eigenvalue weighted by Crippen LogP contribution is -2.69. The fraction of sp³-hybridized carbons (Fsp3) is 0.455. The van der Waals surface area contributed by atoms with E-state index in [0.29, 0.717) is 23.5 Å². The van der Waals surface area contributed by atoms with Crippen LogP contribution in [0.4, 0.5) is 0 Å². The molecule has 132 valence electrons. The van der Waals surface area contributed by atoms with E-state index in [-0.39, 0.29) is 0 Å². The minimum Gasteiger partial charge on any atom is -0.384 e. The molecule has 3 atom stereocenters. The molecule has 2 aliphatic rings. The normalized spacial score (nSPS) is 28.5. The number of hydrogen-bond donors (Lipinski definition) is 0. The largest absolute Gasteiger partial charge is 0.407 e. The van der Waals surface area contributed by atoms with Gasteiger partial charge in [0.05, 0.1) is 12.2 Å². The van der Waals surface area contributed by atoms with Crippen LogP contribution >= 0.6 is 0 Å². The summed E-state index contributed by atoms with van der Waals surface area (Å²) >= 11 is 0. The Balaban J connectivity index is 1.73. The Hall–Kier alpha value is -1.42. The third-order valence-electron chi connectivity index (χ3n) is 5.82. The summed E-state index contributed by atoms with van der Waals surface area (Å²) in [6.45, 7) is 7.04. The highest BCUT2D eigenvalue weighted by atomic mass is 28.4. The molecule has 1 aliphatic heterocycles. The molecule has 1 saturated carbocycles. The zero-order chi connectivity index (χ0) is 17.5. The van der Waals surface area contributed by atoms with E-state index < -0.39 is 8.56 Å². The van der Waals surface area contributed by atoms with Crippen molar-refractivity contribution in [3.63, 3.8) is 0 Å². The summed E-state index contributed by atoms with van der Waals surface area (Å²) in [5.74, 6) is 0.662. The second kappa shape index (κ2) is 6.38. The van der Waals surface area contributed by atoms with Crippen molar-refractivity contribution in [3.05, 3.63) is 60.7 Å². The minimum atomic E-state index is -2.62. The van der Waals surface area contributed by atoms with Gasteiger partial charge in [-0.2, -0.15) is 0 Å². The number of benzene rings is 2. The molecule has 1 saturated heterocycles. The highest BCUT2D eigenvalue weighted by Gasteiger charge is 2.53. The third-order valence-corrected chi connectivity index (χ3v) is 9.34. The van der Waals surface area contributed by atoms with Gasteiger partial charge in [-0.05, 0) is 41.0 Å². The molecular weight excluding hydrogens is 324 g/mol. The Morgan fingerprint density at radius 1 is 0.720 bits per heavy atom. The van der Waals surface area contributed by atoms with Crippen molar-refractivity contribution >= 4 is 18.9 Å². The van der Waals surface area contributed by atoms with Crippen molar-refractivity contribution in [2.75, 3.05) is 0 Å². The molecule has 2 aromatic carbocycles. The Labute approximate surface area is 152 Å². The van der Waals surface area contributed by atoms with Crippen LogP contribution in [0.1, 0.15) is 40.0 Å². The van der Waals surface area contributed by atoms with E-state index in [4.69, 9.17) is 8.85 Å². The molecule has 3 heteroatoms. The highest BCUT2D eigenvalue weighted by molar-refractivity contribution is 6.92. The summed E-state index contributed by atoms with van der Waals surface area (Å²) in [6, 6.07) is 21.3. The zero-order valence-corrected chi connectivity index (χ0v) is 16.4. The van der Waals surface area contributed by atoms with Crippen LogP contribution in [0.2, 0.25) is 0 Å². The molecule has 0 aromatic heterocycles. The second-order valence-corrected chi connectivity index (χ2v) is 11.5. The maximum atomic E-state index is 6.86. The van der Waals surface area contributed by atoms with E-state index >= 15 is 0 Å². The van der Waals surface area contributed by atoms with Crippen molar-refractivity contribution in [2.24, 2.45) is 11.3 Å². The van der Waals surface area contributed by atoms with Crippen LogP contribution in [0, 0.1) is 11.3 Å². The van der Waals surface area contributed by atoms with Gasteiger partial charge in [0.15, 0.2) is 0 Å². The summed E-state index contributed by atoms with van der Waals surface area (Å²) in [4.78, 5) is 0. The van der Waals surface area contributed by atoms with Gasteiger partial charge in [-0.1, -0.05) is 81.4 Å². The van der Waals surface area contributed by atoms with Gasteiger partial charge in [0, 0.05) is 0 Å². The average molecular weight is 353 g/mol. The van der Waals surface area contributed by atoms with Crippen molar-refractivity contribution in [3.8, 4) is 0 Å². The van der Waals surface area contributed by atoms with E-state index in [9.17, 15) is 0 Å². The molecule has 4 rings (SSSR count). The first-order valence-electron chi connectivity index (χ1n) is 9.44. The lowest BCUT2D eigenvalue weighted by Gasteiger charge is -2.50. The first-order chi connectivity index (χ1) is 12.0. The van der Waals surface area contributed by atoms with Crippen LogP contribution in [0.5, 0.6) is 0 Å². The van der Waals surface area contributed by atoms with E-state index in [0.717, 1.165) is 19.3 Å². The van der Waals surface area contributed by atoms with Crippen LogP contribution in [-0.2, 0) is 8.85 Å². The first-order valence-corrected chi connectivity index (χ1v) is 11.3. The van der Waals surface area contributed by atoms with Gasteiger partial charge in [-0.25, -0.2) is 0 Å². The van der Waals surface area contributed by atoms with Gasteiger partial charge in [0.1, 0.15) is 0 Å². The van der Waals surface area contributed by atoms with E-state index in [2.05, 4.69) is 81.4 Å². The molecule has 2 nitrogen and oxygen atoms in total. The molecule has 1 aliphatic carbocycles. The van der Waals surface area contributed by atoms with Crippen molar-refractivity contribution in [1.29, 1.82) is 0 Å². The molecule has 0 N–H and O–H groups in total. The lowest BCUT2D eigenvalue weighted by molar-refractivity contribution is -0.0595. The van der Waals surface area contributed by atoms with Crippen LogP contribution in [-0.4, -0.2) is 20.8 Å². The fourth-order valence-electron chi connectivity index (χ4n) is 4.37. The molecular formula is C22H28O2Si. The van der Waals surface area contributed by atoms with Crippen molar-refractivity contribution in [1.82, 2.24) is 0 Å². The molecule has 0 amide bonds. The SMILES string of the molecule is CC(C)(C)C1C[C@@H]2C[C@H](C1)O[Si](c1ccccc1)(c1ccccc1)O2. The molecule has 0 spiro atoms. The van der Waals surface area contributed by atoms with Gasteiger partial charge < -0.3 is 8.85 Å². The number of rotatable bonds is 2. The lowest BCUT2D eigenvalue weighted by atomic mass is 9.71. The Bertz CT molecular complexity index is 652. The van der Waals surface area contributed by atoms with Crippen LogP contribution in [0.25, 0.3) is 0 Å². The molecule has 1 heterocycles. The van der Waals surface area contributed by atoms with Crippen LogP contribution < -0.4 is 10.4 Å². The van der Waals surface area contributed by atoms with E-state index in [1.807, 2.05) is 0 Å². The predicted molar refractivity (Wildman–Crippen MR) is 104 cm³/mol. The smallest absolute Gasteiger partial charge is 0.384 e. The van der Waals surface area contributed by atoms with Gasteiger partial charge in [-0.3, -0.25) is 0 Å². The predicted octanol–water partition coefficient (Wildman–Crippen LogP) is 3.87. The Morgan fingerprint density at radius 2 is 1.16 bits per heavy atom. The number of fused-ring (bicyclic) bond motifs is 2. The van der Waals surface area contributed by atoms with Gasteiger partial charge in [0.25, 0.3) is 0 Å². The summed E-state index contributed by atoms with van der Waals surface area (Å²) in [5, 5.41) is 2.45. The first kappa shape index (κ1) is 17.0. The molecule has 0 radical (unpaired) electrons. The van der Waals surface area contributed by atoms with Gasteiger partial charge in [0.2, 0.25) is 0 Å². The van der Waals surface area contributed by atoms with Crippen LogP contribution in [0.15, 0.2) is 60.7 Å². The number of hydrogen-bond acceptors (Lipinski definition) is 2. The van der Waals surface area contributed by atoms with E-state index in [1.165, 1.54) is 10.4 Å². The van der Waals surface area contributed by atoms with E-state index in [1.54, 1.807) is 0 Å². The molecule has 1 unspecified atom stereocenters. The maximum absolute atomic E-state index is 6.86. The standard InChI is InChI=1S/C22H28O2Si/c1-22(2,3)17-14-18-16-19(15-17)24-25(23-18,20-10-6-4-7-11-20)21-12-8-5-9-13-21/h4-13,17-19H,14-16H2,1-3H3/t17?,18-,19+. The van der Waals surface area contributed by atoms with Crippen LogP contribution in [0.3, 0.4) is 0 Å². The highest BCUT2D eigenvalue weighted by Crippen LogP contribution is 2.43. The monoisotopic (exact) mass is 352 g/mol. The molecule has 2 aromatic rings. The summed E-state index contributed by atoms with van der Waals surface area (Å²) in [6.07, 6.45) is 3.96. The van der Waals surface area contributed by atoms with Gasteiger partial charge in [-0.15, -0.1) is 0 Å². The minimum absolute atomic E-state index is 0.309. The Kier molecular flexibility index (Phi) is 4.34. The fourth-order valence-corrected chi connectivity index (χ4v) is 7.89.